The van der Waals surface area contributed by atoms with E-state index in [1.807, 2.05) is 55.7 Å². The largest absolute Gasteiger partial charge is 0.480 e. The number of aliphatic carboxylic acids is 1. The van der Waals surface area contributed by atoms with E-state index in [0.717, 1.165) is 23.8 Å². The highest BCUT2D eigenvalue weighted by atomic mass is 79.9. The van der Waals surface area contributed by atoms with Crippen molar-refractivity contribution in [3.8, 4) is 11.1 Å². The zero-order chi connectivity index (χ0) is 47.1. The first-order valence-corrected chi connectivity index (χ1v) is 22.0. The minimum atomic E-state index is -1.53. The molecule has 4 amide bonds. The summed E-state index contributed by atoms with van der Waals surface area (Å²) in [7, 11) is 0. The predicted octanol–water partition coefficient (Wildman–Crippen LogP) is 2.76. The highest BCUT2D eigenvalue weighted by Crippen LogP contribution is 2.41. The average molecular weight is 968 g/mol. The van der Waals surface area contributed by atoms with Crippen molar-refractivity contribution in [1.29, 1.82) is 0 Å². The summed E-state index contributed by atoms with van der Waals surface area (Å²) in [5.41, 5.74) is 7.34. The van der Waals surface area contributed by atoms with Crippen LogP contribution in [0.15, 0.2) is 60.8 Å². The molecular weight excluding hydrogens is 906 g/mol. The Balaban J connectivity index is 1.52. The number of carbonyl (C=O) groups is 5. The lowest BCUT2D eigenvalue weighted by molar-refractivity contribution is -0.142. The number of hydrogen-bond donors (Lipinski definition) is 6. The second-order valence-electron chi connectivity index (χ2n) is 15.7. The van der Waals surface area contributed by atoms with Crippen molar-refractivity contribution in [3.63, 3.8) is 0 Å². The number of halogens is 3. The molecule has 0 radical (unpaired) electrons. The zero-order valence-corrected chi connectivity index (χ0v) is 38.1. The number of alkyl halides is 1. The van der Waals surface area contributed by atoms with Gasteiger partial charge in [0.25, 0.3) is 0 Å². The molecule has 64 heavy (non-hydrogen) atoms. The van der Waals surface area contributed by atoms with Crippen molar-refractivity contribution in [2.24, 2.45) is 11.1 Å². The topological polar surface area (TPSA) is 233 Å². The molecule has 0 saturated heterocycles. The number of hydrogen-bond acceptors (Lipinski definition) is 11. The third-order valence-electron chi connectivity index (χ3n) is 9.65. The Morgan fingerprint density at radius 2 is 1.48 bits per heavy atom. The maximum Gasteiger partial charge on any atom is 0.328 e. The Hall–Kier alpha value is -4.83. The van der Waals surface area contributed by atoms with Crippen molar-refractivity contribution < 1.29 is 61.9 Å². The fourth-order valence-electron chi connectivity index (χ4n) is 6.53. The highest BCUT2D eigenvalue weighted by Gasteiger charge is 2.37. The molecule has 0 unspecified atom stereocenters. The summed E-state index contributed by atoms with van der Waals surface area (Å²) in [5, 5.41) is 27.6. The molecule has 7 N–H and O–H groups in total. The molecule has 0 fully saturated rings. The van der Waals surface area contributed by atoms with Gasteiger partial charge in [0, 0.05) is 55.6 Å². The second kappa shape index (κ2) is 28.2. The number of rotatable bonds is 30. The molecule has 1 heterocycles. The molecule has 0 spiro atoms. The number of nitrogens with zero attached hydrogens (tertiary/aromatic N) is 2. The van der Waals surface area contributed by atoms with E-state index in [2.05, 4.69) is 31.9 Å². The van der Waals surface area contributed by atoms with Crippen LogP contribution in [-0.2, 0) is 49.5 Å². The first kappa shape index (κ1) is 53.5. The van der Waals surface area contributed by atoms with Gasteiger partial charge in [0.2, 0.25) is 23.6 Å². The first-order chi connectivity index (χ1) is 30.5. The molecule has 0 bridgehead atoms. The van der Waals surface area contributed by atoms with E-state index in [9.17, 15) is 38.6 Å². The van der Waals surface area contributed by atoms with Crippen LogP contribution < -0.4 is 21.7 Å². The summed E-state index contributed by atoms with van der Waals surface area (Å²) in [6.07, 6.45) is 1.44. The third-order valence-corrected chi connectivity index (χ3v) is 10.2. The Morgan fingerprint density at radius 3 is 2.08 bits per heavy atom. The summed E-state index contributed by atoms with van der Waals surface area (Å²) in [4.78, 5) is 63.7. The number of carboxylic acid groups (broad SMARTS) is 1. The zero-order valence-electron chi connectivity index (χ0n) is 36.5. The van der Waals surface area contributed by atoms with Crippen LogP contribution in [0.2, 0.25) is 0 Å². The van der Waals surface area contributed by atoms with Crippen LogP contribution in [0.4, 0.5) is 8.78 Å². The van der Waals surface area contributed by atoms with Gasteiger partial charge in [0.05, 0.1) is 70.3 Å². The first-order valence-electron chi connectivity index (χ1n) is 20.8. The van der Waals surface area contributed by atoms with Crippen LogP contribution in [0.5, 0.6) is 0 Å². The molecule has 20 heteroatoms. The molecule has 0 saturated carbocycles. The van der Waals surface area contributed by atoms with Gasteiger partial charge in [-0.3, -0.25) is 19.2 Å². The van der Waals surface area contributed by atoms with Crippen LogP contribution in [0.3, 0.4) is 0 Å². The van der Waals surface area contributed by atoms with E-state index in [0.29, 0.717) is 57.4 Å². The van der Waals surface area contributed by atoms with E-state index >= 15 is 4.39 Å². The lowest BCUT2D eigenvalue weighted by atomic mass is 9.82. The van der Waals surface area contributed by atoms with Gasteiger partial charge in [0.1, 0.15) is 24.3 Å². The predicted molar refractivity (Wildman–Crippen MR) is 236 cm³/mol. The molecule has 1 aromatic heterocycles. The lowest BCUT2D eigenvalue weighted by Gasteiger charge is -2.41. The number of carboxylic acids is 1. The van der Waals surface area contributed by atoms with Gasteiger partial charge in [-0.1, -0.05) is 67.0 Å². The molecule has 3 rings (SSSR count). The smallest absolute Gasteiger partial charge is 0.328 e. The van der Waals surface area contributed by atoms with Crippen LogP contribution >= 0.6 is 15.9 Å². The lowest BCUT2D eigenvalue weighted by Crippen LogP contribution is -2.53. The normalized spacial score (nSPS) is 12.9. The molecule has 3 aromatic rings. The van der Waals surface area contributed by atoms with Gasteiger partial charge < -0.3 is 60.3 Å². The summed E-state index contributed by atoms with van der Waals surface area (Å²) < 4.78 is 52.8. The summed E-state index contributed by atoms with van der Waals surface area (Å²) in [5.74, 6) is -4.86. The van der Waals surface area contributed by atoms with Gasteiger partial charge in [0.15, 0.2) is 0 Å². The molecule has 0 aliphatic rings. The van der Waals surface area contributed by atoms with Gasteiger partial charge in [-0.05, 0) is 41.7 Å². The van der Waals surface area contributed by atoms with Crippen molar-refractivity contribution in [2.75, 3.05) is 84.4 Å². The third kappa shape index (κ3) is 18.7. The standard InChI is InChI=1S/C44H61BrF2N6O11/c1-44(2,3)41(37-23-31(33-24-32(46)9-10-34(33)47)28-52(37)27-30-7-5-4-6-8-30)53(40(57)29-54)14-11-35(48)42(58)51-36(43(59)60)26-50-38(55)12-15-61-17-19-63-21-22-64-20-18-62-16-13-49-39(56)25-45/h4-10,23-24,28,35-36,41,54H,11-22,25-27,29,48H2,1-3H3,(H,49,56)(H,50,55)(H,51,58)(H,59,60)/t35-,36+,41-/m0/s1. The number of nitrogens with one attached hydrogen (secondary N) is 3. The van der Waals surface area contributed by atoms with Gasteiger partial charge in [-0.25, -0.2) is 13.6 Å². The van der Waals surface area contributed by atoms with Crippen LogP contribution in [-0.4, -0.2) is 146 Å². The van der Waals surface area contributed by atoms with Crippen molar-refractivity contribution in [1.82, 2.24) is 25.4 Å². The van der Waals surface area contributed by atoms with Gasteiger partial charge in [-0.2, -0.15) is 0 Å². The molecule has 0 aliphatic carbocycles. The van der Waals surface area contributed by atoms with E-state index < -0.39 is 72.0 Å². The van der Waals surface area contributed by atoms with Crippen molar-refractivity contribution in [3.05, 3.63) is 83.7 Å². The van der Waals surface area contributed by atoms with Crippen molar-refractivity contribution >= 4 is 45.5 Å². The average Bonchev–Trinajstić information content (AvgIpc) is 3.66. The quantitative estimate of drug-likeness (QED) is 0.0419. The molecule has 0 aliphatic heterocycles. The van der Waals surface area contributed by atoms with E-state index in [-0.39, 0.29) is 56.0 Å². The second-order valence-corrected chi connectivity index (χ2v) is 16.2. The van der Waals surface area contributed by atoms with Crippen LogP contribution in [0, 0.1) is 17.0 Å². The number of aromatic nitrogens is 1. The fourth-order valence-corrected chi connectivity index (χ4v) is 6.73. The number of benzene rings is 2. The maximum absolute atomic E-state index is 15.1. The number of carbonyl (C=O) groups excluding carboxylic acids is 4. The van der Waals surface area contributed by atoms with Crippen LogP contribution in [0.1, 0.15) is 50.9 Å². The number of aliphatic hydroxyl groups is 1. The molecule has 17 nitrogen and oxygen atoms in total. The minimum absolute atomic E-state index is 0.0165. The number of nitrogens with two attached hydrogens (primary N) is 1. The van der Waals surface area contributed by atoms with Gasteiger partial charge in [-0.15, -0.1) is 0 Å². The SMILES string of the molecule is CC(C)(C)[C@H](c1cc(-c2cc(F)ccc2F)cn1Cc1ccccc1)N(CC[C@H](N)C(=O)N[C@H](CNC(=O)CCOCCOCCOCCOCCNC(=O)CBr)C(=O)O)C(=O)CO. The molecular formula is C44H61BrF2N6O11. The van der Waals surface area contributed by atoms with Crippen molar-refractivity contribution in [2.45, 2.75) is 58.3 Å². The number of ether oxygens (including phenoxy) is 4. The molecule has 2 aromatic carbocycles. The van der Waals surface area contributed by atoms with E-state index in [1.165, 1.54) is 4.90 Å². The molecule has 354 valence electrons. The van der Waals surface area contributed by atoms with E-state index in [4.69, 9.17) is 24.7 Å². The minimum Gasteiger partial charge on any atom is -0.480 e. The Labute approximate surface area is 380 Å². The summed E-state index contributed by atoms with van der Waals surface area (Å²) in [6, 6.07) is 10.6. The molecule has 3 atom stereocenters. The summed E-state index contributed by atoms with van der Waals surface area (Å²) >= 11 is 3.06. The van der Waals surface area contributed by atoms with Gasteiger partial charge >= 0.3 is 5.97 Å². The maximum atomic E-state index is 15.1. The summed E-state index contributed by atoms with van der Waals surface area (Å²) in [6.45, 7) is 7.12. The van der Waals surface area contributed by atoms with E-state index in [1.54, 1.807) is 12.3 Å². The number of aliphatic hydroxyl groups excluding tert-OH is 1. The number of amides is 4. The van der Waals surface area contributed by atoms with Crippen LogP contribution in [0.25, 0.3) is 11.1 Å². The Morgan fingerprint density at radius 1 is 0.859 bits per heavy atom. The fraction of sp³-hybridized carbons (Fsp3) is 0.523. The Kier molecular flexibility index (Phi) is 23.5. The highest BCUT2D eigenvalue weighted by molar-refractivity contribution is 9.09. The monoisotopic (exact) mass is 966 g/mol. The Bertz CT molecular complexity index is 1930.